The highest BCUT2D eigenvalue weighted by molar-refractivity contribution is 7.19. The van der Waals surface area contributed by atoms with Gasteiger partial charge in [-0.2, -0.15) is 0 Å². The third-order valence-corrected chi connectivity index (χ3v) is 12.2. The number of aliphatic carboxylic acids is 1. The molecule has 0 aliphatic heterocycles. The number of thiophene rings is 2. The molecule has 2 aromatic carbocycles. The van der Waals surface area contributed by atoms with Crippen LogP contribution in [0.4, 0.5) is 11.6 Å². The van der Waals surface area contributed by atoms with Gasteiger partial charge in [-0.25, -0.2) is 9.97 Å². The van der Waals surface area contributed by atoms with Crippen LogP contribution in [0.15, 0.2) is 97.3 Å². The van der Waals surface area contributed by atoms with Crippen LogP contribution in [-0.2, 0) is 45.1 Å². The summed E-state index contributed by atoms with van der Waals surface area (Å²) in [6, 6.07) is 25.8. The van der Waals surface area contributed by atoms with E-state index in [9.17, 15) is 19.2 Å². The summed E-state index contributed by atoms with van der Waals surface area (Å²) in [4.78, 5) is 58.7. The topological polar surface area (TPSA) is 252 Å². The number of carboxylic acids is 1. The first kappa shape index (κ1) is 51.7. The number of rotatable bonds is 19. The Morgan fingerprint density at radius 2 is 1.05 bits per heavy atom. The summed E-state index contributed by atoms with van der Waals surface area (Å²) in [6.07, 6.45) is 6.21. The molecule has 0 bridgehead atoms. The molecule has 12 N–H and O–H groups in total. The number of hydrogen-bond donors (Lipinski definition) is 9. The first-order chi connectivity index (χ1) is 31.0. The van der Waals surface area contributed by atoms with Crippen molar-refractivity contribution in [1.29, 1.82) is 0 Å². The third-order valence-electron chi connectivity index (χ3n) is 10.0. The van der Waals surface area contributed by atoms with Crippen LogP contribution in [0, 0.1) is 0 Å². The summed E-state index contributed by atoms with van der Waals surface area (Å²) in [6.45, 7) is 12.0. The quantitative estimate of drug-likeness (QED) is 0.0460. The minimum absolute atomic E-state index is 0.150. The molecule has 0 spiro atoms. The monoisotopic (exact) mass is 924 g/mol. The Morgan fingerprint density at radius 3 is 1.46 bits per heavy atom. The summed E-state index contributed by atoms with van der Waals surface area (Å²) < 4.78 is 2.19. The van der Waals surface area contributed by atoms with Crippen molar-refractivity contribution in [2.45, 2.75) is 117 Å². The zero-order chi connectivity index (χ0) is 47.5. The van der Waals surface area contributed by atoms with E-state index in [4.69, 9.17) is 22.3 Å². The number of nitrogens with one attached hydrogen (secondary N) is 5. The molecule has 0 radical (unpaired) electrons. The number of aryl methyl sites for hydroxylation is 2. The lowest BCUT2D eigenvalue weighted by Gasteiger charge is -2.23. The smallest absolute Gasteiger partial charge is 0.325 e. The van der Waals surface area contributed by atoms with Gasteiger partial charge in [0, 0.05) is 60.9 Å². The van der Waals surface area contributed by atoms with E-state index in [1.165, 1.54) is 12.5 Å². The number of carboxylic acid groups (broad SMARTS) is 1. The van der Waals surface area contributed by atoms with Crippen molar-refractivity contribution in [3.63, 3.8) is 0 Å². The van der Waals surface area contributed by atoms with Crippen LogP contribution in [0.5, 0.6) is 0 Å². The molecule has 4 heterocycles. The van der Waals surface area contributed by atoms with Crippen LogP contribution in [0.25, 0.3) is 20.2 Å². The van der Waals surface area contributed by atoms with Crippen molar-refractivity contribution in [3.8, 4) is 0 Å². The lowest BCUT2D eigenvalue weighted by Crippen LogP contribution is -2.52. The lowest BCUT2D eigenvalue weighted by atomic mass is 10.0. The van der Waals surface area contributed by atoms with E-state index in [1.54, 1.807) is 42.0 Å². The maximum Gasteiger partial charge on any atom is 0.325 e. The minimum atomic E-state index is -1.03. The Kier molecular flexibility index (Phi) is 20.7. The highest BCUT2D eigenvalue weighted by atomic mass is 32.1. The molecule has 0 saturated carbocycles. The van der Waals surface area contributed by atoms with E-state index >= 15 is 0 Å². The second-order valence-corrected chi connectivity index (χ2v) is 18.5. The molecule has 348 valence electrons. The molecule has 6 aromatic rings. The molecule has 0 saturated heterocycles. The molecule has 0 fully saturated rings. The number of nitrogens with two attached hydrogens (primary N) is 3. The first-order valence-electron chi connectivity index (χ1n) is 21.7. The summed E-state index contributed by atoms with van der Waals surface area (Å²) in [5.74, 6) is -0.630. The van der Waals surface area contributed by atoms with Gasteiger partial charge in [0.25, 0.3) is 0 Å². The Balaban J connectivity index is 0.000000238. The molecule has 6 rings (SSSR count). The van der Waals surface area contributed by atoms with E-state index < -0.39 is 24.1 Å². The minimum Gasteiger partial charge on any atom is -0.480 e. The van der Waals surface area contributed by atoms with E-state index in [1.807, 2.05) is 100 Å². The molecule has 17 heteroatoms. The van der Waals surface area contributed by atoms with Crippen LogP contribution in [-0.4, -0.2) is 75.0 Å². The van der Waals surface area contributed by atoms with Gasteiger partial charge in [-0.3, -0.25) is 19.2 Å². The van der Waals surface area contributed by atoms with E-state index in [0.717, 1.165) is 48.3 Å². The summed E-state index contributed by atoms with van der Waals surface area (Å²) in [5, 5.41) is 25.5. The fraction of sp³-hybridized carbons (Fsp3) is 0.375. The Hall–Kier alpha value is -5.98. The Bertz CT molecular complexity index is 2430. The second-order valence-electron chi connectivity index (χ2n) is 16.2. The number of anilines is 2. The number of nitrogen functional groups attached to an aromatic ring is 2. The van der Waals surface area contributed by atoms with Gasteiger partial charge in [0.05, 0.1) is 18.6 Å². The van der Waals surface area contributed by atoms with Crippen molar-refractivity contribution in [1.82, 2.24) is 36.6 Å². The van der Waals surface area contributed by atoms with E-state index in [2.05, 4.69) is 48.7 Å². The summed E-state index contributed by atoms with van der Waals surface area (Å²) in [5.41, 5.74) is 19.4. The number of amides is 3. The SMILES string of the molecule is CC(C)N[C@H](CCc1ccccc1)C(=O)N[C@@H](C)C(=O)NCc1cc2c(N)nccc2s1.CC(C)N[C@H](CCc1ccccc1)C(=O)N[C@@H](C)C(=O)O.NCc1cc2c(N)nccc2s1. The molecule has 3 amide bonds. The number of carbonyl (C=O) groups is 4. The number of nitrogens with zero attached hydrogens (tertiary/aromatic N) is 2. The standard InChI is InChI=1S/C24H31N5O2S.C16H24N2O3.C8H9N3S/c1-15(2)28-20(10-9-17-7-5-4-6-8-17)24(31)29-16(3)23(30)27-14-18-13-19-21(32-18)11-12-26-22(19)25;1-11(2)17-14(15(19)18-12(3)16(20)21)10-9-13-7-5-4-6-8-13;9-4-5-3-6-7(12-5)1-2-11-8(6)10/h4-8,11-13,15-16,20,28H,9-10,14H2,1-3H3,(H2,25,26)(H,27,30)(H,29,31);4-8,11-12,14,17H,9-10H2,1-3H3,(H,18,19)(H,20,21);1-3H,4,9H2,(H2,10,11)/t16-,20+;12-,14+;/m00./s1. The van der Waals surface area contributed by atoms with E-state index in [-0.39, 0.29) is 35.8 Å². The van der Waals surface area contributed by atoms with Crippen molar-refractivity contribution < 1.29 is 24.3 Å². The zero-order valence-corrected chi connectivity index (χ0v) is 39.6. The van der Waals surface area contributed by atoms with Crippen molar-refractivity contribution in [2.75, 3.05) is 11.5 Å². The largest absolute Gasteiger partial charge is 0.480 e. The molecule has 4 atom stereocenters. The highest BCUT2D eigenvalue weighted by Gasteiger charge is 2.24. The van der Waals surface area contributed by atoms with Gasteiger partial charge in [-0.1, -0.05) is 88.4 Å². The van der Waals surface area contributed by atoms with Crippen LogP contribution in [0.1, 0.15) is 75.3 Å². The molecular formula is C48H64N10O5S2. The lowest BCUT2D eigenvalue weighted by molar-refractivity contribution is -0.141. The van der Waals surface area contributed by atoms with Gasteiger partial charge < -0.3 is 48.9 Å². The van der Waals surface area contributed by atoms with Gasteiger partial charge in [0.15, 0.2) is 0 Å². The maximum absolute atomic E-state index is 12.9. The number of carbonyl (C=O) groups excluding carboxylic acids is 3. The maximum atomic E-state index is 12.9. The fourth-order valence-electron chi connectivity index (χ4n) is 6.64. The second kappa shape index (κ2) is 26.1. The summed E-state index contributed by atoms with van der Waals surface area (Å²) in [7, 11) is 0. The van der Waals surface area contributed by atoms with Gasteiger partial charge in [-0.15, -0.1) is 22.7 Å². The molecule has 0 aliphatic rings. The van der Waals surface area contributed by atoms with Crippen molar-refractivity contribution in [2.24, 2.45) is 5.73 Å². The Morgan fingerprint density at radius 1 is 0.615 bits per heavy atom. The van der Waals surface area contributed by atoms with Gasteiger partial charge in [0.2, 0.25) is 17.7 Å². The normalized spacial score (nSPS) is 12.9. The van der Waals surface area contributed by atoms with Crippen molar-refractivity contribution >= 4 is 78.2 Å². The number of fused-ring (bicyclic) bond motifs is 2. The number of benzene rings is 2. The predicted octanol–water partition coefficient (Wildman–Crippen LogP) is 5.91. The van der Waals surface area contributed by atoms with Gasteiger partial charge in [0.1, 0.15) is 23.7 Å². The average Bonchev–Trinajstić information content (AvgIpc) is 3.92. The molecule has 4 aromatic heterocycles. The van der Waals surface area contributed by atoms with Crippen LogP contribution in [0.2, 0.25) is 0 Å². The fourth-order valence-corrected chi connectivity index (χ4v) is 8.59. The predicted molar refractivity (Wildman–Crippen MR) is 264 cm³/mol. The van der Waals surface area contributed by atoms with Crippen LogP contribution < -0.4 is 43.8 Å². The van der Waals surface area contributed by atoms with Crippen LogP contribution >= 0.6 is 22.7 Å². The number of hydrogen-bond acceptors (Lipinski definition) is 13. The van der Waals surface area contributed by atoms with Crippen LogP contribution in [0.3, 0.4) is 0 Å². The first-order valence-corrected chi connectivity index (χ1v) is 23.3. The molecule has 0 unspecified atom stereocenters. The Labute approximate surface area is 389 Å². The van der Waals surface area contributed by atoms with Gasteiger partial charge >= 0.3 is 5.97 Å². The molecular weight excluding hydrogens is 861 g/mol. The molecule has 15 nitrogen and oxygen atoms in total. The third kappa shape index (κ3) is 17.2. The summed E-state index contributed by atoms with van der Waals surface area (Å²) >= 11 is 3.23. The van der Waals surface area contributed by atoms with E-state index in [0.29, 0.717) is 37.6 Å². The molecule has 65 heavy (non-hydrogen) atoms. The van der Waals surface area contributed by atoms with Gasteiger partial charge in [-0.05, 0) is 74.9 Å². The number of aromatic nitrogens is 2. The zero-order valence-electron chi connectivity index (χ0n) is 38.0. The average molecular weight is 925 g/mol. The van der Waals surface area contributed by atoms with Crippen molar-refractivity contribution in [3.05, 3.63) is 118 Å². The highest BCUT2D eigenvalue weighted by Crippen LogP contribution is 2.29. The number of pyridine rings is 2. The molecule has 0 aliphatic carbocycles.